The number of hydrogen-bond donors (Lipinski definition) is 3. The molecule has 0 spiro atoms. The average molecular weight is 282 g/mol. The molecule has 2 unspecified atom stereocenters. The Bertz CT molecular complexity index is 460. The molecule has 1 aromatic rings. The monoisotopic (exact) mass is 282 g/mol. The minimum atomic E-state index is -1.14. The highest BCUT2D eigenvalue weighted by Gasteiger charge is 2.19. The smallest absolute Gasteiger partial charge is 0.356 e. The Morgan fingerprint density at radius 3 is 2.60 bits per heavy atom. The third-order valence-electron chi connectivity index (χ3n) is 2.70. The van der Waals surface area contributed by atoms with Gasteiger partial charge < -0.3 is 20.3 Å². The van der Waals surface area contributed by atoms with Gasteiger partial charge in [-0.25, -0.2) is 9.78 Å². The van der Waals surface area contributed by atoms with Crippen LogP contribution in [0.3, 0.4) is 0 Å². The molecule has 1 rings (SSSR count). The van der Waals surface area contributed by atoms with Gasteiger partial charge in [-0.1, -0.05) is 6.07 Å². The van der Waals surface area contributed by atoms with Gasteiger partial charge in [-0.15, -0.1) is 0 Å². The maximum Gasteiger partial charge on any atom is 0.356 e. The van der Waals surface area contributed by atoms with E-state index < -0.39 is 18.2 Å². The highest BCUT2D eigenvalue weighted by Crippen LogP contribution is 2.18. The van der Waals surface area contributed by atoms with Gasteiger partial charge in [0.2, 0.25) is 5.91 Å². The Morgan fingerprint density at radius 2 is 2.10 bits per heavy atom. The molecular formula is C13H18N2O5. The zero-order chi connectivity index (χ0) is 15.1. The quantitative estimate of drug-likeness (QED) is 0.623. The van der Waals surface area contributed by atoms with E-state index in [4.69, 9.17) is 0 Å². The standard InChI is InChI=1S/C13H18N2O5/c1-8(16)14-6-5-11(17)12(18)9-3-4-10(15-7-9)13(19)20-2/h3-4,7,11-12,17-18H,5-6H2,1-2H3,(H,14,16). The molecule has 2 atom stereocenters. The largest absolute Gasteiger partial charge is 0.464 e. The number of hydrogen-bond acceptors (Lipinski definition) is 6. The van der Waals surface area contributed by atoms with Crippen molar-refractivity contribution in [2.75, 3.05) is 13.7 Å². The number of nitrogens with one attached hydrogen (secondary N) is 1. The van der Waals surface area contributed by atoms with Crippen molar-refractivity contribution in [2.45, 2.75) is 25.6 Å². The van der Waals surface area contributed by atoms with Gasteiger partial charge in [0.25, 0.3) is 0 Å². The van der Waals surface area contributed by atoms with Crippen LogP contribution in [0, 0.1) is 0 Å². The molecule has 0 saturated carbocycles. The first-order valence-corrected chi connectivity index (χ1v) is 6.10. The second-order valence-electron chi connectivity index (χ2n) is 4.25. The Balaban J connectivity index is 2.60. The van der Waals surface area contributed by atoms with Crippen molar-refractivity contribution in [1.29, 1.82) is 0 Å². The average Bonchev–Trinajstić information content (AvgIpc) is 2.45. The van der Waals surface area contributed by atoms with Gasteiger partial charge >= 0.3 is 5.97 Å². The molecule has 0 bridgehead atoms. The van der Waals surface area contributed by atoms with Gasteiger partial charge in [-0.05, 0) is 12.5 Å². The summed E-state index contributed by atoms with van der Waals surface area (Å²) in [5.41, 5.74) is 0.504. The highest BCUT2D eigenvalue weighted by atomic mass is 16.5. The van der Waals surface area contributed by atoms with E-state index in [-0.39, 0.29) is 24.6 Å². The first-order chi connectivity index (χ1) is 9.45. The Hall–Kier alpha value is -1.99. The van der Waals surface area contributed by atoms with Crippen molar-refractivity contribution in [3.8, 4) is 0 Å². The Labute approximate surface area is 116 Å². The molecule has 0 aliphatic rings. The minimum Gasteiger partial charge on any atom is -0.464 e. The lowest BCUT2D eigenvalue weighted by atomic mass is 10.0. The number of carbonyl (C=O) groups is 2. The van der Waals surface area contributed by atoms with Crippen molar-refractivity contribution in [3.63, 3.8) is 0 Å². The van der Waals surface area contributed by atoms with Crippen LogP contribution in [0.2, 0.25) is 0 Å². The maximum absolute atomic E-state index is 11.2. The number of rotatable bonds is 6. The molecule has 0 fully saturated rings. The molecule has 1 aromatic heterocycles. The first-order valence-electron chi connectivity index (χ1n) is 6.10. The third kappa shape index (κ3) is 4.60. The van der Waals surface area contributed by atoms with Gasteiger partial charge in [-0.2, -0.15) is 0 Å². The van der Waals surface area contributed by atoms with Gasteiger partial charge in [0.1, 0.15) is 11.8 Å². The maximum atomic E-state index is 11.2. The molecular weight excluding hydrogens is 264 g/mol. The lowest BCUT2D eigenvalue weighted by Crippen LogP contribution is -2.27. The minimum absolute atomic E-state index is 0.121. The van der Waals surface area contributed by atoms with E-state index in [1.54, 1.807) is 0 Å². The molecule has 3 N–H and O–H groups in total. The predicted octanol–water partition coefficient (Wildman–Crippen LogP) is -0.211. The zero-order valence-corrected chi connectivity index (χ0v) is 11.4. The third-order valence-corrected chi connectivity index (χ3v) is 2.70. The Morgan fingerprint density at radius 1 is 1.40 bits per heavy atom. The summed E-state index contributed by atoms with van der Waals surface area (Å²) in [5, 5.41) is 22.2. The van der Waals surface area contributed by atoms with Crippen LogP contribution in [-0.4, -0.2) is 46.8 Å². The molecule has 110 valence electrons. The fourth-order valence-corrected chi connectivity index (χ4v) is 1.58. The SMILES string of the molecule is COC(=O)c1ccc(C(O)C(O)CCNC(C)=O)cn1. The molecule has 7 heteroatoms. The number of aliphatic hydroxyl groups excluding tert-OH is 2. The topological polar surface area (TPSA) is 109 Å². The van der Waals surface area contributed by atoms with Gasteiger partial charge in [0.05, 0.1) is 13.2 Å². The van der Waals surface area contributed by atoms with Gasteiger partial charge in [-0.3, -0.25) is 4.79 Å². The summed E-state index contributed by atoms with van der Waals surface area (Å²) in [5.74, 6) is -0.770. The van der Waals surface area contributed by atoms with E-state index in [0.717, 1.165) is 0 Å². The molecule has 0 aliphatic carbocycles. The van der Waals surface area contributed by atoms with E-state index in [0.29, 0.717) is 5.56 Å². The summed E-state index contributed by atoms with van der Waals surface area (Å²) in [4.78, 5) is 25.7. The molecule has 1 heterocycles. The lowest BCUT2D eigenvalue weighted by Gasteiger charge is -2.18. The summed E-state index contributed by atoms with van der Waals surface area (Å²) >= 11 is 0. The second-order valence-corrected chi connectivity index (χ2v) is 4.25. The highest BCUT2D eigenvalue weighted by molar-refractivity contribution is 5.86. The fourth-order valence-electron chi connectivity index (χ4n) is 1.58. The summed E-state index contributed by atoms with van der Waals surface area (Å²) in [6, 6.07) is 2.90. The van der Waals surface area contributed by atoms with Crippen LogP contribution < -0.4 is 5.32 Å². The molecule has 7 nitrogen and oxygen atoms in total. The number of esters is 1. The van der Waals surface area contributed by atoms with Crippen LogP contribution in [0.5, 0.6) is 0 Å². The van der Waals surface area contributed by atoms with Crippen molar-refractivity contribution < 1.29 is 24.5 Å². The number of aliphatic hydroxyl groups is 2. The number of carbonyl (C=O) groups excluding carboxylic acids is 2. The molecule has 0 saturated heterocycles. The van der Waals surface area contributed by atoms with Crippen molar-refractivity contribution >= 4 is 11.9 Å². The Kier molecular flexibility index (Phi) is 6.08. The summed E-state index contributed by atoms with van der Waals surface area (Å²) in [6.07, 6.45) is -0.659. The number of pyridine rings is 1. The second kappa shape index (κ2) is 7.56. The van der Waals surface area contributed by atoms with Crippen LogP contribution in [0.1, 0.15) is 35.5 Å². The van der Waals surface area contributed by atoms with Gasteiger partial charge in [0.15, 0.2) is 0 Å². The number of aromatic nitrogens is 1. The zero-order valence-electron chi connectivity index (χ0n) is 11.4. The molecule has 0 radical (unpaired) electrons. The van der Waals surface area contributed by atoms with Crippen molar-refractivity contribution in [3.05, 3.63) is 29.6 Å². The molecule has 20 heavy (non-hydrogen) atoms. The van der Waals surface area contributed by atoms with Crippen LogP contribution in [0.4, 0.5) is 0 Å². The van der Waals surface area contributed by atoms with Gasteiger partial charge in [0, 0.05) is 25.2 Å². The van der Waals surface area contributed by atoms with Crippen LogP contribution in [-0.2, 0) is 9.53 Å². The van der Waals surface area contributed by atoms with E-state index in [9.17, 15) is 19.8 Å². The predicted molar refractivity (Wildman–Crippen MR) is 69.8 cm³/mol. The van der Waals surface area contributed by atoms with Crippen molar-refractivity contribution in [1.82, 2.24) is 10.3 Å². The number of methoxy groups -OCH3 is 1. The van der Waals surface area contributed by atoms with Crippen LogP contribution >= 0.6 is 0 Å². The molecule has 1 amide bonds. The van der Waals surface area contributed by atoms with Crippen LogP contribution in [0.25, 0.3) is 0 Å². The summed E-state index contributed by atoms with van der Waals surface area (Å²) < 4.78 is 4.51. The van der Waals surface area contributed by atoms with E-state index >= 15 is 0 Å². The normalized spacial score (nSPS) is 13.4. The van der Waals surface area contributed by atoms with E-state index in [1.807, 2.05) is 0 Å². The van der Waals surface area contributed by atoms with E-state index in [1.165, 1.54) is 32.4 Å². The van der Waals surface area contributed by atoms with E-state index in [2.05, 4.69) is 15.0 Å². The lowest BCUT2D eigenvalue weighted by molar-refractivity contribution is -0.119. The van der Waals surface area contributed by atoms with Crippen molar-refractivity contribution in [2.24, 2.45) is 0 Å². The summed E-state index contributed by atoms with van der Waals surface area (Å²) in [6.45, 7) is 1.64. The first kappa shape index (κ1) is 16.1. The molecule has 0 aliphatic heterocycles. The van der Waals surface area contributed by atoms with Crippen LogP contribution in [0.15, 0.2) is 18.3 Å². The number of amides is 1. The molecule has 0 aromatic carbocycles. The number of ether oxygens (including phenoxy) is 1. The fraction of sp³-hybridized carbons (Fsp3) is 0.462. The summed E-state index contributed by atoms with van der Waals surface area (Å²) in [7, 11) is 1.25. The number of nitrogens with zero attached hydrogens (tertiary/aromatic N) is 1.